The number of nitrogens with one attached hydrogen (secondary N) is 1. The highest BCUT2D eigenvalue weighted by molar-refractivity contribution is 14.0. The molecule has 0 radical (unpaired) electrons. The molecule has 0 amide bonds. The molecular formula is C18H30IN3O3. The lowest BCUT2D eigenvalue weighted by atomic mass is 10.1. The van der Waals surface area contributed by atoms with Crippen molar-refractivity contribution in [3.8, 4) is 11.5 Å². The molecule has 1 heterocycles. The number of hydrogen-bond acceptors (Lipinski definition) is 4. The largest absolute Gasteiger partial charge is 0.493 e. The van der Waals surface area contributed by atoms with Gasteiger partial charge in [-0.2, -0.15) is 0 Å². The second kappa shape index (κ2) is 11.4. The molecule has 142 valence electrons. The summed E-state index contributed by atoms with van der Waals surface area (Å²) in [5.74, 6) is 2.99. The maximum absolute atomic E-state index is 5.63. The fourth-order valence-electron chi connectivity index (χ4n) is 2.87. The van der Waals surface area contributed by atoms with E-state index < -0.39 is 0 Å². The lowest BCUT2D eigenvalue weighted by Crippen LogP contribution is -2.41. The molecule has 0 aliphatic carbocycles. The van der Waals surface area contributed by atoms with Gasteiger partial charge in [0.2, 0.25) is 0 Å². The zero-order valence-corrected chi connectivity index (χ0v) is 17.9. The van der Waals surface area contributed by atoms with E-state index in [2.05, 4.69) is 22.3 Å². The van der Waals surface area contributed by atoms with E-state index in [0.717, 1.165) is 49.2 Å². The number of nitrogens with zero attached hydrogens (tertiary/aromatic N) is 2. The van der Waals surface area contributed by atoms with Crippen LogP contribution in [0.2, 0.25) is 0 Å². The predicted molar refractivity (Wildman–Crippen MR) is 111 cm³/mol. The Morgan fingerprint density at radius 2 is 2.20 bits per heavy atom. The van der Waals surface area contributed by atoms with Crippen molar-refractivity contribution >= 4 is 29.9 Å². The Bertz CT molecular complexity index is 548. The molecule has 1 N–H and O–H groups in total. The summed E-state index contributed by atoms with van der Waals surface area (Å²) < 4.78 is 16.4. The van der Waals surface area contributed by atoms with E-state index in [1.54, 1.807) is 7.11 Å². The monoisotopic (exact) mass is 463 g/mol. The third-order valence-electron chi connectivity index (χ3n) is 4.11. The Morgan fingerprint density at radius 1 is 1.40 bits per heavy atom. The van der Waals surface area contributed by atoms with Crippen LogP contribution in [0, 0.1) is 5.92 Å². The van der Waals surface area contributed by atoms with Gasteiger partial charge in [-0.05, 0) is 31.0 Å². The van der Waals surface area contributed by atoms with Crippen molar-refractivity contribution in [3.63, 3.8) is 0 Å². The van der Waals surface area contributed by atoms with Crippen molar-refractivity contribution in [2.24, 2.45) is 10.9 Å². The van der Waals surface area contributed by atoms with E-state index in [1.807, 2.05) is 32.2 Å². The zero-order valence-electron chi connectivity index (χ0n) is 15.6. The van der Waals surface area contributed by atoms with Gasteiger partial charge < -0.3 is 24.4 Å². The van der Waals surface area contributed by atoms with Gasteiger partial charge in [-0.1, -0.05) is 6.07 Å². The fourth-order valence-corrected chi connectivity index (χ4v) is 2.87. The molecule has 2 rings (SSSR count). The first-order valence-electron chi connectivity index (χ1n) is 8.47. The zero-order chi connectivity index (χ0) is 17.4. The van der Waals surface area contributed by atoms with Crippen LogP contribution in [0.3, 0.4) is 0 Å². The standard InChI is InChI=1S/C18H29N3O3.HI/c1-5-24-17-10-14(6-7-16(17)22-4)11-20-18(19-2)21(3)12-15-8-9-23-13-15;/h6-7,10,15H,5,8-9,11-13H2,1-4H3,(H,19,20);1H. The number of halogens is 1. The summed E-state index contributed by atoms with van der Waals surface area (Å²) in [4.78, 5) is 6.53. The summed E-state index contributed by atoms with van der Waals surface area (Å²) in [5.41, 5.74) is 1.12. The molecule has 25 heavy (non-hydrogen) atoms. The van der Waals surface area contributed by atoms with Crippen LogP contribution in [0.4, 0.5) is 0 Å². The van der Waals surface area contributed by atoms with Crippen LogP contribution in [0.25, 0.3) is 0 Å². The van der Waals surface area contributed by atoms with Gasteiger partial charge in [-0.25, -0.2) is 0 Å². The Balaban J connectivity index is 0.00000312. The van der Waals surface area contributed by atoms with Crippen LogP contribution >= 0.6 is 24.0 Å². The van der Waals surface area contributed by atoms with Gasteiger partial charge in [-0.15, -0.1) is 24.0 Å². The van der Waals surface area contributed by atoms with Gasteiger partial charge in [0, 0.05) is 39.7 Å². The summed E-state index contributed by atoms with van der Waals surface area (Å²) in [6.45, 7) is 5.93. The molecule has 1 atom stereocenters. The smallest absolute Gasteiger partial charge is 0.193 e. The molecule has 1 aliphatic heterocycles. The van der Waals surface area contributed by atoms with Crippen LogP contribution in [0.5, 0.6) is 11.5 Å². The lowest BCUT2D eigenvalue weighted by molar-refractivity contribution is 0.181. The first-order chi connectivity index (χ1) is 11.7. The fraction of sp³-hybridized carbons (Fsp3) is 0.611. The summed E-state index contributed by atoms with van der Waals surface area (Å²) in [5, 5.41) is 3.40. The quantitative estimate of drug-likeness (QED) is 0.383. The van der Waals surface area contributed by atoms with E-state index in [0.29, 0.717) is 19.1 Å². The van der Waals surface area contributed by atoms with Crippen molar-refractivity contribution in [2.45, 2.75) is 19.9 Å². The molecule has 1 fully saturated rings. The molecule has 0 saturated carbocycles. The highest BCUT2D eigenvalue weighted by Crippen LogP contribution is 2.28. The van der Waals surface area contributed by atoms with Gasteiger partial charge in [0.05, 0.1) is 20.3 Å². The van der Waals surface area contributed by atoms with Gasteiger partial charge in [0.25, 0.3) is 0 Å². The minimum absolute atomic E-state index is 0. The molecule has 7 heteroatoms. The van der Waals surface area contributed by atoms with E-state index in [4.69, 9.17) is 14.2 Å². The molecule has 0 aromatic heterocycles. The number of methoxy groups -OCH3 is 1. The van der Waals surface area contributed by atoms with E-state index >= 15 is 0 Å². The van der Waals surface area contributed by atoms with E-state index in [9.17, 15) is 0 Å². The SMILES string of the molecule is CCOc1cc(CNC(=NC)N(C)CC2CCOC2)ccc1OC.I. The number of rotatable bonds is 7. The maximum atomic E-state index is 5.63. The predicted octanol–water partition coefficient (Wildman–Crippen LogP) is 2.76. The highest BCUT2D eigenvalue weighted by Gasteiger charge is 2.19. The first-order valence-corrected chi connectivity index (χ1v) is 8.47. The lowest BCUT2D eigenvalue weighted by Gasteiger charge is -2.24. The summed E-state index contributed by atoms with van der Waals surface area (Å²) in [7, 11) is 5.52. The van der Waals surface area contributed by atoms with Gasteiger partial charge in [0.1, 0.15) is 0 Å². The second-order valence-corrected chi connectivity index (χ2v) is 5.93. The van der Waals surface area contributed by atoms with Gasteiger partial charge in [0.15, 0.2) is 17.5 Å². The molecule has 1 aromatic carbocycles. The number of benzene rings is 1. The van der Waals surface area contributed by atoms with Crippen molar-refractivity contribution in [2.75, 3.05) is 47.6 Å². The summed E-state index contributed by atoms with van der Waals surface area (Å²) in [6.07, 6.45) is 1.12. The Hall–Kier alpha value is -1.22. The third-order valence-corrected chi connectivity index (χ3v) is 4.11. The van der Waals surface area contributed by atoms with Crippen molar-refractivity contribution in [1.82, 2.24) is 10.2 Å². The van der Waals surface area contributed by atoms with Crippen LogP contribution in [0.1, 0.15) is 18.9 Å². The van der Waals surface area contributed by atoms with Crippen LogP contribution in [-0.2, 0) is 11.3 Å². The van der Waals surface area contributed by atoms with Gasteiger partial charge >= 0.3 is 0 Å². The van der Waals surface area contributed by atoms with Crippen LogP contribution < -0.4 is 14.8 Å². The molecule has 1 unspecified atom stereocenters. The second-order valence-electron chi connectivity index (χ2n) is 5.93. The third kappa shape index (κ3) is 6.54. The van der Waals surface area contributed by atoms with Crippen LogP contribution in [0.15, 0.2) is 23.2 Å². The van der Waals surface area contributed by atoms with Gasteiger partial charge in [-0.3, -0.25) is 4.99 Å². The Morgan fingerprint density at radius 3 is 2.80 bits per heavy atom. The topological polar surface area (TPSA) is 55.3 Å². The van der Waals surface area contributed by atoms with E-state index in [1.165, 1.54) is 0 Å². The molecular weight excluding hydrogens is 433 g/mol. The average Bonchev–Trinajstić information content (AvgIpc) is 3.09. The van der Waals surface area contributed by atoms with Crippen LogP contribution in [-0.4, -0.2) is 58.4 Å². The highest BCUT2D eigenvalue weighted by atomic mass is 127. The normalized spacial score (nSPS) is 17.0. The Kier molecular flexibility index (Phi) is 9.96. The van der Waals surface area contributed by atoms with Crippen molar-refractivity contribution < 1.29 is 14.2 Å². The maximum Gasteiger partial charge on any atom is 0.193 e. The minimum atomic E-state index is 0. The first kappa shape index (κ1) is 21.8. The number of hydrogen-bond donors (Lipinski definition) is 1. The average molecular weight is 463 g/mol. The number of guanidine groups is 1. The summed E-state index contributed by atoms with van der Waals surface area (Å²) >= 11 is 0. The number of ether oxygens (including phenoxy) is 3. The molecule has 1 aliphatic rings. The summed E-state index contributed by atoms with van der Waals surface area (Å²) in [6, 6.07) is 5.98. The molecule has 1 aromatic rings. The Labute approximate surface area is 167 Å². The minimum Gasteiger partial charge on any atom is -0.493 e. The van der Waals surface area contributed by atoms with Crippen molar-refractivity contribution in [1.29, 1.82) is 0 Å². The van der Waals surface area contributed by atoms with Crippen molar-refractivity contribution in [3.05, 3.63) is 23.8 Å². The van der Waals surface area contributed by atoms with E-state index in [-0.39, 0.29) is 24.0 Å². The molecule has 6 nitrogen and oxygen atoms in total. The molecule has 1 saturated heterocycles. The molecule has 0 spiro atoms. The number of aliphatic imine (C=N–C) groups is 1. The molecule has 0 bridgehead atoms.